The first kappa shape index (κ1) is 14.4. The number of urea groups is 1. The zero-order valence-electron chi connectivity index (χ0n) is 10.6. The molecule has 0 unspecified atom stereocenters. The molecule has 5 nitrogen and oxygen atoms in total. The van der Waals surface area contributed by atoms with Crippen molar-refractivity contribution in [2.24, 2.45) is 0 Å². The van der Waals surface area contributed by atoms with Gasteiger partial charge in [-0.15, -0.1) is 11.6 Å². The fourth-order valence-electron chi connectivity index (χ4n) is 1.34. The Balaban J connectivity index is 2.70. The van der Waals surface area contributed by atoms with E-state index in [1.165, 1.54) is 7.11 Å². The summed E-state index contributed by atoms with van der Waals surface area (Å²) in [7, 11) is 3.09. The summed E-state index contributed by atoms with van der Waals surface area (Å²) < 4.78 is 10.3. The summed E-state index contributed by atoms with van der Waals surface area (Å²) in [6, 6.07) is 4.73. The molecule has 0 saturated carbocycles. The number of hydrogen-bond donors (Lipinski definition) is 2. The molecule has 1 rings (SSSR count). The molecule has 1 aromatic carbocycles. The number of anilines is 1. The molecule has 0 spiro atoms. The summed E-state index contributed by atoms with van der Waals surface area (Å²) in [5, 5.41) is 5.38. The third-order valence-corrected chi connectivity index (χ3v) is 2.71. The molecule has 18 heavy (non-hydrogen) atoms. The van der Waals surface area contributed by atoms with E-state index in [2.05, 4.69) is 10.6 Å². The summed E-state index contributed by atoms with van der Waals surface area (Å²) in [5.74, 6) is 1.53. The molecule has 1 aromatic rings. The van der Waals surface area contributed by atoms with Gasteiger partial charge in [0.25, 0.3) is 0 Å². The Labute approximate surface area is 111 Å². The predicted octanol–water partition coefficient (Wildman–Crippen LogP) is 2.45. The Kier molecular flexibility index (Phi) is 5.58. The first-order chi connectivity index (χ1) is 8.60. The normalized spacial score (nSPS) is 11.6. The van der Waals surface area contributed by atoms with Crippen molar-refractivity contribution in [2.45, 2.75) is 13.0 Å². The highest BCUT2D eigenvalue weighted by molar-refractivity contribution is 6.18. The van der Waals surface area contributed by atoms with Gasteiger partial charge in [0.05, 0.1) is 14.2 Å². The van der Waals surface area contributed by atoms with Crippen LogP contribution in [0, 0.1) is 0 Å². The number of halogens is 1. The maximum Gasteiger partial charge on any atom is 0.319 e. The summed E-state index contributed by atoms with van der Waals surface area (Å²) in [6.07, 6.45) is 0. The quantitative estimate of drug-likeness (QED) is 0.810. The Bertz CT molecular complexity index is 412. The number of amides is 2. The molecule has 0 saturated heterocycles. The second-order valence-electron chi connectivity index (χ2n) is 3.72. The van der Waals surface area contributed by atoms with Crippen LogP contribution in [-0.2, 0) is 0 Å². The molecule has 2 amide bonds. The first-order valence-corrected chi connectivity index (χ1v) is 5.99. The van der Waals surface area contributed by atoms with Crippen LogP contribution < -0.4 is 20.1 Å². The number of nitrogens with one attached hydrogen (secondary N) is 2. The van der Waals surface area contributed by atoms with Crippen LogP contribution in [0.1, 0.15) is 6.92 Å². The zero-order chi connectivity index (χ0) is 13.5. The SMILES string of the molecule is COc1ccc(NC(=O)N[C@H](C)CCl)cc1OC. The van der Waals surface area contributed by atoms with Gasteiger partial charge in [-0.3, -0.25) is 0 Å². The largest absolute Gasteiger partial charge is 0.493 e. The van der Waals surface area contributed by atoms with Crippen molar-refractivity contribution >= 4 is 23.3 Å². The minimum Gasteiger partial charge on any atom is -0.493 e. The van der Waals surface area contributed by atoms with Gasteiger partial charge in [0.2, 0.25) is 0 Å². The number of carbonyl (C=O) groups excluding carboxylic acids is 1. The van der Waals surface area contributed by atoms with Crippen LogP contribution in [0.25, 0.3) is 0 Å². The third kappa shape index (κ3) is 4.00. The lowest BCUT2D eigenvalue weighted by atomic mass is 10.2. The average molecular weight is 273 g/mol. The molecule has 2 N–H and O–H groups in total. The Morgan fingerprint density at radius 2 is 2.00 bits per heavy atom. The highest BCUT2D eigenvalue weighted by Crippen LogP contribution is 2.29. The minimum atomic E-state index is -0.310. The first-order valence-electron chi connectivity index (χ1n) is 5.46. The van der Waals surface area contributed by atoms with Crippen molar-refractivity contribution < 1.29 is 14.3 Å². The highest BCUT2D eigenvalue weighted by Gasteiger charge is 2.08. The van der Waals surface area contributed by atoms with Crippen LogP contribution >= 0.6 is 11.6 Å². The van der Waals surface area contributed by atoms with E-state index in [1.54, 1.807) is 25.3 Å². The summed E-state index contributed by atoms with van der Waals surface area (Å²) in [6.45, 7) is 1.82. The van der Waals surface area contributed by atoms with Crippen molar-refractivity contribution in [1.29, 1.82) is 0 Å². The molecule has 0 fully saturated rings. The summed E-state index contributed by atoms with van der Waals surface area (Å²) >= 11 is 5.61. The fraction of sp³-hybridized carbons (Fsp3) is 0.417. The number of ether oxygens (including phenoxy) is 2. The maximum atomic E-state index is 11.6. The predicted molar refractivity (Wildman–Crippen MR) is 71.9 cm³/mol. The van der Waals surface area contributed by atoms with Gasteiger partial charge in [-0.2, -0.15) is 0 Å². The number of rotatable bonds is 5. The molecule has 0 aromatic heterocycles. The Morgan fingerprint density at radius 1 is 1.33 bits per heavy atom. The Hall–Kier alpha value is -1.62. The molecule has 0 bridgehead atoms. The van der Waals surface area contributed by atoms with Crippen LogP contribution in [-0.4, -0.2) is 32.2 Å². The van der Waals surface area contributed by atoms with E-state index >= 15 is 0 Å². The highest BCUT2D eigenvalue weighted by atomic mass is 35.5. The van der Waals surface area contributed by atoms with Gasteiger partial charge in [0, 0.05) is 23.7 Å². The standard InChI is InChI=1S/C12H17ClN2O3/c1-8(7-13)14-12(16)15-9-4-5-10(17-2)11(6-9)18-3/h4-6,8H,7H2,1-3H3,(H2,14,15,16)/t8-/m1/s1. The molecule has 0 aliphatic heterocycles. The lowest BCUT2D eigenvalue weighted by Gasteiger charge is -2.13. The number of alkyl halides is 1. The van der Waals surface area contributed by atoms with Gasteiger partial charge in [-0.1, -0.05) is 0 Å². The van der Waals surface area contributed by atoms with Crippen molar-refractivity contribution in [3.63, 3.8) is 0 Å². The molecule has 6 heteroatoms. The van der Waals surface area contributed by atoms with E-state index in [9.17, 15) is 4.79 Å². The van der Waals surface area contributed by atoms with Gasteiger partial charge in [-0.05, 0) is 19.1 Å². The average Bonchev–Trinajstić information content (AvgIpc) is 2.38. The van der Waals surface area contributed by atoms with Crippen molar-refractivity contribution in [3.8, 4) is 11.5 Å². The molecule has 0 aliphatic carbocycles. The molecule has 0 aliphatic rings. The van der Waals surface area contributed by atoms with Gasteiger partial charge in [0.15, 0.2) is 11.5 Å². The number of carbonyl (C=O) groups is 1. The van der Waals surface area contributed by atoms with E-state index < -0.39 is 0 Å². The number of hydrogen-bond acceptors (Lipinski definition) is 3. The number of benzene rings is 1. The second kappa shape index (κ2) is 6.96. The van der Waals surface area contributed by atoms with Gasteiger partial charge in [0.1, 0.15) is 0 Å². The minimum absolute atomic E-state index is 0.0909. The zero-order valence-corrected chi connectivity index (χ0v) is 11.4. The van der Waals surface area contributed by atoms with E-state index in [-0.39, 0.29) is 12.1 Å². The van der Waals surface area contributed by atoms with E-state index in [0.29, 0.717) is 23.1 Å². The van der Waals surface area contributed by atoms with Gasteiger partial charge >= 0.3 is 6.03 Å². The van der Waals surface area contributed by atoms with Crippen molar-refractivity contribution in [3.05, 3.63) is 18.2 Å². The molecule has 100 valence electrons. The van der Waals surface area contributed by atoms with Gasteiger partial charge in [-0.25, -0.2) is 4.79 Å². The van der Waals surface area contributed by atoms with Crippen LogP contribution in [0.3, 0.4) is 0 Å². The van der Waals surface area contributed by atoms with Gasteiger partial charge < -0.3 is 20.1 Å². The summed E-state index contributed by atoms with van der Waals surface area (Å²) in [4.78, 5) is 11.6. The van der Waals surface area contributed by atoms with E-state index in [4.69, 9.17) is 21.1 Å². The van der Waals surface area contributed by atoms with E-state index in [0.717, 1.165) is 0 Å². The van der Waals surface area contributed by atoms with Crippen LogP contribution in [0.5, 0.6) is 11.5 Å². The molecule has 1 atom stereocenters. The molecule has 0 radical (unpaired) electrons. The van der Waals surface area contributed by atoms with Crippen LogP contribution in [0.4, 0.5) is 10.5 Å². The maximum absolute atomic E-state index is 11.6. The van der Waals surface area contributed by atoms with E-state index in [1.807, 2.05) is 6.92 Å². The second-order valence-corrected chi connectivity index (χ2v) is 4.03. The van der Waals surface area contributed by atoms with Crippen molar-refractivity contribution in [2.75, 3.05) is 25.4 Å². The number of methoxy groups -OCH3 is 2. The summed E-state index contributed by atoms with van der Waals surface area (Å²) in [5.41, 5.74) is 0.618. The topological polar surface area (TPSA) is 59.6 Å². The monoisotopic (exact) mass is 272 g/mol. The third-order valence-electron chi connectivity index (χ3n) is 2.25. The molecule has 0 heterocycles. The lowest BCUT2D eigenvalue weighted by Crippen LogP contribution is -2.37. The van der Waals surface area contributed by atoms with Crippen LogP contribution in [0.15, 0.2) is 18.2 Å². The molecular weight excluding hydrogens is 256 g/mol. The fourth-order valence-corrected chi connectivity index (χ4v) is 1.42. The lowest BCUT2D eigenvalue weighted by molar-refractivity contribution is 0.250. The van der Waals surface area contributed by atoms with Crippen LogP contribution in [0.2, 0.25) is 0 Å². The molecular formula is C12H17ClN2O3. The Morgan fingerprint density at radius 3 is 2.56 bits per heavy atom. The smallest absolute Gasteiger partial charge is 0.319 e. The van der Waals surface area contributed by atoms with Crippen molar-refractivity contribution in [1.82, 2.24) is 5.32 Å².